The smallest absolute Gasteiger partial charge is 0.401 e. The Balaban J connectivity index is 1.14. The number of ether oxygens (including phenoxy) is 2. The van der Waals surface area contributed by atoms with Crippen LogP contribution in [0.5, 0.6) is 11.5 Å². The summed E-state index contributed by atoms with van der Waals surface area (Å²) in [6.07, 6.45) is -3.43. The Bertz CT molecular complexity index is 1650. The maximum atomic E-state index is 15.0. The van der Waals surface area contributed by atoms with Gasteiger partial charge in [0.25, 0.3) is 0 Å². The third-order valence-electron chi connectivity index (χ3n) is 7.73. The summed E-state index contributed by atoms with van der Waals surface area (Å²) in [6.45, 7) is 4.75. The van der Waals surface area contributed by atoms with E-state index in [0.29, 0.717) is 33.8 Å². The highest BCUT2D eigenvalue weighted by atomic mass is 19.4. The number of fused-ring (bicyclic) bond motifs is 1. The van der Waals surface area contributed by atoms with Crippen LogP contribution in [-0.2, 0) is 16.6 Å². The highest BCUT2D eigenvalue weighted by Crippen LogP contribution is 2.59. The number of aromatic nitrogens is 3. The van der Waals surface area contributed by atoms with E-state index < -0.39 is 23.3 Å². The Morgan fingerprint density at radius 1 is 1.14 bits per heavy atom. The molecule has 1 amide bonds. The molecule has 0 unspecified atom stereocenters. The molecule has 2 aromatic heterocycles. The molecule has 220 valence electrons. The van der Waals surface area contributed by atoms with Crippen LogP contribution < -0.4 is 14.8 Å². The zero-order chi connectivity index (χ0) is 29.6. The second kappa shape index (κ2) is 10.5. The van der Waals surface area contributed by atoms with E-state index in [-0.39, 0.29) is 42.5 Å². The fourth-order valence-corrected chi connectivity index (χ4v) is 5.01. The van der Waals surface area contributed by atoms with E-state index in [1.165, 1.54) is 18.3 Å². The van der Waals surface area contributed by atoms with Gasteiger partial charge >= 0.3 is 6.18 Å². The number of nitrogens with one attached hydrogen (secondary N) is 1. The maximum absolute atomic E-state index is 15.0. The number of rotatable bonds is 9. The first-order chi connectivity index (χ1) is 20.1. The number of nitrogens with zero attached hydrogens (tertiary/aromatic N) is 4. The normalized spacial score (nSPS) is 16.7. The SMILES string of the molecule is CCN1CC(Oc2cc3ncc(-c4ccc(CC(=O)Nc5cc(C6(C(F)(F)F)CC6)on5)c(F)c4)nc3cc2OC)C1. The van der Waals surface area contributed by atoms with E-state index in [9.17, 15) is 18.0 Å². The molecule has 0 spiro atoms. The van der Waals surface area contributed by atoms with Crippen molar-refractivity contribution >= 4 is 22.8 Å². The quantitative estimate of drug-likeness (QED) is 0.265. The Labute approximate surface area is 237 Å². The average Bonchev–Trinajstić information content (AvgIpc) is 3.64. The third kappa shape index (κ3) is 5.24. The fraction of sp³-hybridized carbons (Fsp3) is 0.379. The molecule has 4 aromatic rings. The molecule has 1 aliphatic carbocycles. The number of amides is 1. The first-order valence-electron chi connectivity index (χ1n) is 13.4. The van der Waals surface area contributed by atoms with Crippen LogP contribution in [0.25, 0.3) is 22.3 Å². The zero-order valence-electron chi connectivity index (χ0n) is 22.8. The van der Waals surface area contributed by atoms with Crippen LogP contribution in [0, 0.1) is 5.82 Å². The molecule has 1 saturated carbocycles. The van der Waals surface area contributed by atoms with Crippen LogP contribution in [0.4, 0.5) is 23.4 Å². The summed E-state index contributed by atoms with van der Waals surface area (Å²) in [5, 5.41) is 5.90. The predicted molar refractivity (Wildman–Crippen MR) is 144 cm³/mol. The van der Waals surface area contributed by atoms with Crippen molar-refractivity contribution in [1.82, 2.24) is 20.0 Å². The Hall–Kier alpha value is -4.26. The lowest BCUT2D eigenvalue weighted by molar-refractivity contribution is -0.165. The van der Waals surface area contributed by atoms with Crippen LogP contribution in [-0.4, -0.2) is 65.0 Å². The van der Waals surface area contributed by atoms with Crippen LogP contribution in [0.3, 0.4) is 0 Å². The van der Waals surface area contributed by atoms with Gasteiger partial charge in [-0.2, -0.15) is 13.2 Å². The van der Waals surface area contributed by atoms with Gasteiger partial charge in [0.15, 0.2) is 23.1 Å². The van der Waals surface area contributed by atoms with Crippen molar-refractivity contribution in [2.45, 2.75) is 43.9 Å². The lowest BCUT2D eigenvalue weighted by Gasteiger charge is -2.38. The minimum atomic E-state index is -4.47. The summed E-state index contributed by atoms with van der Waals surface area (Å²) in [5.74, 6) is -0.716. The highest BCUT2D eigenvalue weighted by molar-refractivity contribution is 5.91. The number of hydrogen-bond donors (Lipinski definition) is 1. The number of benzene rings is 2. The highest BCUT2D eigenvalue weighted by Gasteiger charge is 2.66. The number of anilines is 1. The minimum absolute atomic E-state index is 0.0739. The molecular formula is C29H27F4N5O4. The number of alkyl halides is 3. The summed E-state index contributed by atoms with van der Waals surface area (Å²) in [6, 6.07) is 8.86. The molecule has 13 heteroatoms. The van der Waals surface area contributed by atoms with Gasteiger partial charge in [-0.3, -0.25) is 14.7 Å². The first-order valence-corrected chi connectivity index (χ1v) is 13.4. The first kappa shape index (κ1) is 27.9. The summed E-state index contributed by atoms with van der Waals surface area (Å²) < 4.78 is 71.4. The zero-order valence-corrected chi connectivity index (χ0v) is 22.8. The van der Waals surface area contributed by atoms with Crippen molar-refractivity contribution in [2.75, 3.05) is 32.1 Å². The van der Waals surface area contributed by atoms with Gasteiger partial charge in [0.1, 0.15) is 17.3 Å². The molecule has 0 radical (unpaired) electrons. The molecule has 42 heavy (non-hydrogen) atoms. The molecule has 9 nitrogen and oxygen atoms in total. The summed E-state index contributed by atoms with van der Waals surface area (Å²) in [5.41, 5.74) is 0.0273. The third-order valence-corrected chi connectivity index (χ3v) is 7.73. The molecule has 6 rings (SSSR count). The van der Waals surface area contributed by atoms with E-state index in [4.69, 9.17) is 14.0 Å². The predicted octanol–water partition coefficient (Wildman–Crippen LogP) is 5.29. The second-order valence-corrected chi connectivity index (χ2v) is 10.5. The van der Waals surface area contributed by atoms with Crippen LogP contribution >= 0.6 is 0 Å². The number of hydrogen-bond acceptors (Lipinski definition) is 8. The summed E-state index contributed by atoms with van der Waals surface area (Å²) >= 11 is 0. The topological polar surface area (TPSA) is 103 Å². The standard InChI is InChI=1S/C29H27F4N5O4/c1-3-38-14-18(15-38)41-24-10-20-21(11-23(24)40-2)35-22(13-34-20)17-5-4-16(19(30)8-17)9-27(39)36-26-12-25(42-37-26)28(6-7-28)29(31,32)33/h4-5,8,10-13,18H,3,6-7,9,14-15H2,1-2H3,(H,36,37,39). The van der Waals surface area contributed by atoms with Crippen molar-refractivity contribution in [1.29, 1.82) is 0 Å². The molecule has 2 aliphatic rings. The molecule has 3 heterocycles. The maximum Gasteiger partial charge on any atom is 0.401 e. The molecular weight excluding hydrogens is 558 g/mol. The molecule has 1 aliphatic heterocycles. The van der Waals surface area contributed by atoms with E-state index in [2.05, 4.69) is 32.3 Å². The van der Waals surface area contributed by atoms with Gasteiger partial charge in [0, 0.05) is 36.9 Å². The van der Waals surface area contributed by atoms with Gasteiger partial charge in [-0.05, 0) is 31.0 Å². The van der Waals surface area contributed by atoms with Crippen molar-refractivity contribution in [3.63, 3.8) is 0 Å². The lowest BCUT2D eigenvalue weighted by Crippen LogP contribution is -2.53. The van der Waals surface area contributed by atoms with E-state index in [1.807, 2.05) is 0 Å². The number of carbonyl (C=O) groups excluding carboxylic acids is 1. The monoisotopic (exact) mass is 585 g/mol. The minimum Gasteiger partial charge on any atom is -0.493 e. The Kier molecular flexibility index (Phi) is 7.00. The van der Waals surface area contributed by atoms with Gasteiger partial charge < -0.3 is 19.3 Å². The molecule has 0 atom stereocenters. The summed E-state index contributed by atoms with van der Waals surface area (Å²) in [4.78, 5) is 23.8. The van der Waals surface area contributed by atoms with Gasteiger partial charge in [-0.15, -0.1) is 0 Å². The molecule has 1 saturated heterocycles. The van der Waals surface area contributed by atoms with E-state index in [1.54, 1.807) is 25.3 Å². The van der Waals surface area contributed by atoms with Crippen molar-refractivity contribution in [3.05, 3.63) is 59.7 Å². The van der Waals surface area contributed by atoms with Gasteiger partial charge in [0.2, 0.25) is 5.91 Å². The Morgan fingerprint density at radius 3 is 2.57 bits per heavy atom. The van der Waals surface area contributed by atoms with Crippen LogP contribution in [0.15, 0.2) is 47.1 Å². The number of likely N-dealkylation sites (tertiary alicyclic amines) is 1. The van der Waals surface area contributed by atoms with Crippen LogP contribution in [0.2, 0.25) is 0 Å². The summed E-state index contributed by atoms with van der Waals surface area (Å²) in [7, 11) is 1.54. The van der Waals surface area contributed by atoms with E-state index in [0.717, 1.165) is 25.7 Å². The van der Waals surface area contributed by atoms with Gasteiger partial charge in [-0.1, -0.05) is 24.2 Å². The average molecular weight is 586 g/mol. The van der Waals surface area contributed by atoms with Gasteiger partial charge in [-0.25, -0.2) is 9.37 Å². The van der Waals surface area contributed by atoms with E-state index >= 15 is 4.39 Å². The molecule has 2 fully saturated rings. The fourth-order valence-electron chi connectivity index (χ4n) is 5.01. The number of methoxy groups -OCH3 is 1. The molecule has 1 N–H and O–H groups in total. The molecule has 0 bridgehead atoms. The molecule has 2 aromatic carbocycles. The number of halogens is 4. The number of carbonyl (C=O) groups is 1. The largest absolute Gasteiger partial charge is 0.493 e. The van der Waals surface area contributed by atoms with Crippen molar-refractivity contribution < 1.29 is 36.4 Å². The number of likely N-dealkylation sites (N-methyl/N-ethyl adjacent to an activating group) is 1. The van der Waals surface area contributed by atoms with Gasteiger partial charge in [0.05, 0.1) is 36.5 Å². The Morgan fingerprint density at radius 2 is 1.90 bits per heavy atom. The van der Waals surface area contributed by atoms with Crippen molar-refractivity contribution in [2.24, 2.45) is 0 Å². The van der Waals surface area contributed by atoms with Crippen molar-refractivity contribution in [3.8, 4) is 22.8 Å². The lowest BCUT2D eigenvalue weighted by atomic mass is 10.0. The second-order valence-electron chi connectivity index (χ2n) is 10.5. The van der Waals surface area contributed by atoms with Crippen LogP contribution in [0.1, 0.15) is 31.1 Å².